The first-order valence-electron chi connectivity index (χ1n) is 8.99. The van der Waals surface area contributed by atoms with Gasteiger partial charge in [0.25, 0.3) is 5.91 Å². The SMILES string of the molecule is CCCCCCCC.Cc1cccc(C(=O)N2CCOCC2)n1. The molecule has 1 aliphatic heterocycles. The van der Waals surface area contributed by atoms with Gasteiger partial charge in [0, 0.05) is 18.8 Å². The Bertz CT molecular complexity index is 437. The highest BCUT2D eigenvalue weighted by Crippen LogP contribution is 2.06. The number of rotatable bonds is 6. The van der Waals surface area contributed by atoms with Crippen molar-refractivity contribution in [3.63, 3.8) is 0 Å². The predicted octanol–water partition coefficient (Wildman–Crippen LogP) is 4.23. The molecule has 0 aliphatic carbocycles. The summed E-state index contributed by atoms with van der Waals surface area (Å²) in [5.41, 5.74) is 1.39. The summed E-state index contributed by atoms with van der Waals surface area (Å²) in [4.78, 5) is 18.0. The van der Waals surface area contributed by atoms with Crippen LogP contribution in [0.25, 0.3) is 0 Å². The van der Waals surface area contributed by atoms with Crippen molar-refractivity contribution in [2.45, 2.75) is 59.3 Å². The molecule has 0 atom stereocenters. The van der Waals surface area contributed by atoms with Crippen molar-refractivity contribution in [2.24, 2.45) is 0 Å². The monoisotopic (exact) mass is 320 g/mol. The summed E-state index contributed by atoms with van der Waals surface area (Å²) in [6, 6.07) is 5.50. The number of pyridine rings is 1. The van der Waals surface area contributed by atoms with Gasteiger partial charge in [-0.15, -0.1) is 0 Å². The first kappa shape index (κ1) is 19.6. The van der Waals surface area contributed by atoms with Crippen LogP contribution < -0.4 is 0 Å². The molecule has 4 heteroatoms. The highest BCUT2D eigenvalue weighted by molar-refractivity contribution is 5.92. The van der Waals surface area contributed by atoms with Crippen LogP contribution in [-0.2, 0) is 4.74 Å². The molecule has 2 rings (SSSR count). The van der Waals surface area contributed by atoms with Gasteiger partial charge in [-0.05, 0) is 19.1 Å². The van der Waals surface area contributed by atoms with Gasteiger partial charge in [-0.25, -0.2) is 4.98 Å². The zero-order valence-electron chi connectivity index (χ0n) is 15.0. The molecule has 1 aromatic rings. The molecule has 130 valence electrons. The fourth-order valence-electron chi connectivity index (χ4n) is 2.44. The molecule has 0 spiro atoms. The van der Waals surface area contributed by atoms with Gasteiger partial charge in [-0.3, -0.25) is 4.79 Å². The summed E-state index contributed by atoms with van der Waals surface area (Å²) in [6.07, 6.45) is 8.49. The van der Waals surface area contributed by atoms with Gasteiger partial charge in [0.15, 0.2) is 0 Å². The summed E-state index contributed by atoms with van der Waals surface area (Å²) in [5.74, 6) is 0.00185. The number of aromatic nitrogens is 1. The highest BCUT2D eigenvalue weighted by Gasteiger charge is 2.19. The second-order valence-corrected chi connectivity index (χ2v) is 5.98. The maximum absolute atomic E-state index is 12.0. The number of morpholine rings is 1. The van der Waals surface area contributed by atoms with Crippen molar-refractivity contribution >= 4 is 5.91 Å². The van der Waals surface area contributed by atoms with E-state index in [0.29, 0.717) is 32.0 Å². The molecule has 1 aliphatic rings. The second-order valence-electron chi connectivity index (χ2n) is 5.98. The number of amides is 1. The van der Waals surface area contributed by atoms with E-state index in [1.165, 1.54) is 38.5 Å². The average molecular weight is 320 g/mol. The Morgan fingerprint density at radius 3 is 2.22 bits per heavy atom. The van der Waals surface area contributed by atoms with Gasteiger partial charge in [-0.2, -0.15) is 0 Å². The van der Waals surface area contributed by atoms with E-state index in [2.05, 4.69) is 18.8 Å². The summed E-state index contributed by atoms with van der Waals surface area (Å²) in [7, 11) is 0. The Balaban J connectivity index is 0.000000284. The Labute approximate surface area is 141 Å². The fourth-order valence-corrected chi connectivity index (χ4v) is 2.44. The van der Waals surface area contributed by atoms with Crippen molar-refractivity contribution in [1.82, 2.24) is 9.88 Å². The minimum Gasteiger partial charge on any atom is -0.378 e. The number of ether oxygens (including phenoxy) is 1. The molecule has 0 bridgehead atoms. The average Bonchev–Trinajstić information content (AvgIpc) is 2.59. The highest BCUT2D eigenvalue weighted by atomic mass is 16.5. The molecule has 0 radical (unpaired) electrons. The van der Waals surface area contributed by atoms with Gasteiger partial charge < -0.3 is 9.64 Å². The molecule has 2 heterocycles. The van der Waals surface area contributed by atoms with E-state index >= 15 is 0 Å². The van der Waals surface area contributed by atoms with Gasteiger partial charge in [0.2, 0.25) is 0 Å². The smallest absolute Gasteiger partial charge is 0.272 e. The lowest BCUT2D eigenvalue weighted by Gasteiger charge is -2.26. The third-order valence-electron chi connectivity index (χ3n) is 3.86. The Kier molecular flexibility index (Phi) is 10.3. The van der Waals surface area contributed by atoms with Gasteiger partial charge in [0.1, 0.15) is 5.69 Å². The van der Waals surface area contributed by atoms with Crippen LogP contribution in [0.4, 0.5) is 0 Å². The van der Waals surface area contributed by atoms with Gasteiger partial charge >= 0.3 is 0 Å². The zero-order valence-corrected chi connectivity index (χ0v) is 15.0. The number of unbranched alkanes of at least 4 members (excludes halogenated alkanes) is 5. The van der Waals surface area contributed by atoms with Gasteiger partial charge in [0.05, 0.1) is 13.2 Å². The first-order valence-corrected chi connectivity index (χ1v) is 8.99. The molecule has 1 aromatic heterocycles. The summed E-state index contributed by atoms with van der Waals surface area (Å²) in [6.45, 7) is 8.96. The van der Waals surface area contributed by atoms with Crippen LogP contribution in [0.3, 0.4) is 0 Å². The second kappa shape index (κ2) is 12.1. The molecule has 23 heavy (non-hydrogen) atoms. The molecule has 0 saturated carbocycles. The van der Waals surface area contributed by atoms with Gasteiger partial charge in [-0.1, -0.05) is 58.4 Å². The number of carbonyl (C=O) groups excluding carboxylic acids is 1. The minimum atomic E-state index is 0.00185. The normalized spacial score (nSPS) is 14.1. The number of nitrogens with zero attached hydrogens (tertiary/aromatic N) is 2. The number of hydrogen-bond acceptors (Lipinski definition) is 3. The maximum atomic E-state index is 12.0. The van der Waals surface area contributed by atoms with E-state index in [9.17, 15) is 4.79 Å². The van der Waals surface area contributed by atoms with Crippen molar-refractivity contribution in [2.75, 3.05) is 26.3 Å². The fraction of sp³-hybridized carbons (Fsp3) is 0.684. The molecule has 1 fully saturated rings. The predicted molar refractivity (Wildman–Crippen MR) is 94.7 cm³/mol. The minimum absolute atomic E-state index is 0.00185. The Morgan fingerprint density at radius 1 is 1.09 bits per heavy atom. The maximum Gasteiger partial charge on any atom is 0.272 e. The largest absolute Gasteiger partial charge is 0.378 e. The molecule has 4 nitrogen and oxygen atoms in total. The lowest BCUT2D eigenvalue weighted by Crippen LogP contribution is -2.41. The molecule has 0 N–H and O–H groups in total. The molecular weight excluding hydrogens is 288 g/mol. The quantitative estimate of drug-likeness (QED) is 0.737. The number of aryl methyl sites for hydroxylation is 1. The zero-order chi connectivity index (χ0) is 16.9. The summed E-state index contributed by atoms with van der Waals surface area (Å²) < 4.78 is 5.20. The molecule has 1 amide bonds. The summed E-state index contributed by atoms with van der Waals surface area (Å²) in [5, 5.41) is 0. The van der Waals surface area contributed by atoms with Crippen LogP contribution >= 0.6 is 0 Å². The topological polar surface area (TPSA) is 42.4 Å². The van der Waals surface area contributed by atoms with E-state index in [4.69, 9.17) is 4.74 Å². The van der Waals surface area contributed by atoms with Crippen LogP contribution in [0, 0.1) is 6.92 Å². The standard InChI is InChI=1S/C11H14N2O2.C8H18/c1-9-3-2-4-10(12-9)11(14)13-5-7-15-8-6-13;1-3-5-7-8-6-4-2/h2-4H,5-8H2,1H3;3-8H2,1-2H3. The Morgan fingerprint density at radius 2 is 1.70 bits per heavy atom. The van der Waals surface area contributed by atoms with Crippen molar-refractivity contribution in [1.29, 1.82) is 0 Å². The Hall–Kier alpha value is -1.42. The van der Waals surface area contributed by atoms with E-state index < -0.39 is 0 Å². The van der Waals surface area contributed by atoms with Crippen LogP contribution in [0.15, 0.2) is 18.2 Å². The molecular formula is C19H32N2O2. The molecule has 0 aromatic carbocycles. The van der Waals surface area contributed by atoms with Crippen molar-refractivity contribution < 1.29 is 9.53 Å². The van der Waals surface area contributed by atoms with E-state index in [0.717, 1.165) is 5.69 Å². The lowest BCUT2D eigenvalue weighted by molar-refractivity contribution is 0.0299. The van der Waals surface area contributed by atoms with Crippen molar-refractivity contribution in [3.05, 3.63) is 29.6 Å². The number of carbonyl (C=O) groups is 1. The van der Waals surface area contributed by atoms with Crippen LogP contribution in [0.2, 0.25) is 0 Å². The van der Waals surface area contributed by atoms with Crippen LogP contribution in [-0.4, -0.2) is 42.1 Å². The summed E-state index contributed by atoms with van der Waals surface area (Å²) >= 11 is 0. The third-order valence-corrected chi connectivity index (χ3v) is 3.86. The van der Waals surface area contributed by atoms with Crippen LogP contribution in [0.1, 0.15) is 68.6 Å². The van der Waals surface area contributed by atoms with E-state index in [1.54, 1.807) is 11.0 Å². The molecule has 0 unspecified atom stereocenters. The van der Waals surface area contributed by atoms with Crippen molar-refractivity contribution in [3.8, 4) is 0 Å². The number of hydrogen-bond donors (Lipinski definition) is 0. The third kappa shape index (κ3) is 8.12. The first-order chi connectivity index (χ1) is 11.2. The molecule has 1 saturated heterocycles. The van der Waals surface area contributed by atoms with E-state index in [-0.39, 0.29) is 5.91 Å². The van der Waals surface area contributed by atoms with E-state index in [1.807, 2.05) is 19.1 Å². The van der Waals surface area contributed by atoms with Crippen LogP contribution in [0.5, 0.6) is 0 Å². The lowest BCUT2D eigenvalue weighted by atomic mass is 10.1.